The number of carbonyl (C=O) groups excluding carboxylic acids is 2. The summed E-state index contributed by atoms with van der Waals surface area (Å²) in [4.78, 5) is 24.3. The van der Waals surface area contributed by atoms with Gasteiger partial charge in [0.15, 0.2) is 5.89 Å². The molecule has 0 radical (unpaired) electrons. The van der Waals surface area contributed by atoms with Gasteiger partial charge in [-0.1, -0.05) is 56.2 Å². The lowest BCUT2D eigenvalue weighted by Gasteiger charge is -2.17. The van der Waals surface area contributed by atoms with Crippen LogP contribution in [-0.2, 0) is 19.1 Å². The Bertz CT molecular complexity index is 521. The molecular formula is C17H22O4. The number of allylic oxidation sites excluding steroid dienone is 1. The van der Waals surface area contributed by atoms with Crippen molar-refractivity contribution in [3.63, 3.8) is 0 Å². The van der Waals surface area contributed by atoms with Gasteiger partial charge >= 0.3 is 11.9 Å². The van der Waals surface area contributed by atoms with E-state index in [2.05, 4.69) is 9.47 Å². The van der Waals surface area contributed by atoms with Crippen LogP contribution in [-0.4, -0.2) is 26.2 Å². The van der Waals surface area contributed by atoms with Crippen molar-refractivity contribution < 1.29 is 20.4 Å². The Morgan fingerprint density at radius 2 is 1.76 bits per heavy atom. The van der Waals surface area contributed by atoms with E-state index in [0.717, 1.165) is 27.1 Å². The predicted molar refractivity (Wildman–Crippen MR) is 81.5 cm³/mol. The topological polar surface area (TPSA) is 52.6 Å². The molecule has 0 unspecified atom stereocenters. The Kier molecular flexibility index (Phi) is 6.52. The molecule has 1 rings (SSSR count). The number of hydrogen-bond donors (Lipinski definition) is 0. The molecular weight excluding hydrogens is 268 g/mol. The van der Waals surface area contributed by atoms with E-state index in [4.69, 9.17) is 1.37 Å². The first kappa shape index (κ1) is 15.3. The molecule has 0 aromatic heterocycles. The van der Waals surface area contributed by atoms with Crippen molar-refractivity contribution >= 4 is 17.5 Å². The van der Waals surface area contributed by atoms with E-state index in [1.165, 1.54) is 0 Å². The Morgan fingerprint density at radius 3 is 2.24 bits per heavy atom. The summed E-state index contributed by atoms with van der Waals surface area (Å²) in [5.41, 5.74) is 0.921. The van der Waals surface area contributed by atoms with Crippen LogP contribution in [0.4, 0.5) is 0 Å². The van der Waals surface area contributed by atoms with Crippen LogP contribution >= 0.6 is 0 Å². The zero-order valence-electron chi connectivity index (χ0n) is 13.7. The largest absolute Gasteiger partial charge is 0.468 e. The molecule has 0 saturated carbocycles. The average Bonchev–Trinajstić information content (AvgIpc) is 2.57. The van der Waals surface area contributed by atoms with Crippen molar-refractivity contribution in [2.75, 3.05) is 14.2 Å². The van der Waals surface area contributed by atoms with Crippen LogP contribution in [0.1, 0.15) is 33.1 Å². The van der Waals surface area contributed by atoms with Gasteiger partial charge in [0.1, 0.15) is 0 Å². The van der Waals surface area contributed by atoms with E-state index in [9.17, 15) is 9.59 Å². The molecule has 1 aromatic carbocycles. The number of methoxy groups -OCH3 is 2. The zero-order chi connectivity index (χ0) is 16.6. The van der Waals surface area contributed by atoms with Gasteiger partial charge in [-0.25, -0.2) is 0 Å². The Balaban J connectivity index is 3.41. The van der Waals surface area contributed by atoms with E-state index < -0.39 is 17.8 Å². The molecule has 0 atom stereocenters. The van der Waals surface area contributed by atoms with Gasteiger partial charge in [0.05, 0.1) is 15.6 Å². The van der Waals surface area contributed by atoms with Crippen molar-refractivity contribution in [3.8, 4) is 0 Å². The molecule has 0 fully saturated rings. The van der Waals surface area contributed by atoms with E-state index in [-0.39, 0.29) is 0 Å². The SMILES string of the molecule is [2H]C(C(=O)OC)(C(=O)OC)/C(=C/CCCC)c1ccccc1. The number of esters is 2. The van der Waals surface area contributed by atoms with Gasteiger partial charge in [0, 0.05) is 0 Å². The second-order valence-corrected chi connectivity index (χ2v) is 4.48. The van der Waals surface area contributed by atoms with Crippen LogP contribution in [0, 0.1) is 5.89 Å². The third kappa shape index (κ3) is 4.74. The lowest BCUT2D eigenvalue weighted by molar-refractivity contribution is -0.155. The number of benzene rings is 1. The van der Waals surface area contributed by atoms with E-state index in [1.54, 1.807) is 30.3 Å². The van der Waals surface area contributed by atoms with Crippen molar-refractivity contribution in [1.29, 1.82) is 0 Å². The second-order valence-electron chi connectivity index (χ2n) is 4.48. The minimum Gasteiger partial charge on any atom is -0.468 e. The molecule has 0 bridgehead atoms. The highest BCUT2D eigenvalue weighted by Gasteiger charge is 2.33. The normalized spacial score (nSPS) is 12.5. The van der Waals surface area contributed by atoms with Gasteiger partial charge in [-0.3, -0.25) is 9.59 Å². The van der Waals surface area contributed by atoms with E-state index in [0.29, 0.717) is 17.6 Å². The molecule has 0 spiro atoms. The maximum absolute atomic E-state index is 12.1. The summed E-state index contributed by atoms with van der Waals surface area (Å²) >= 11 is 0. The molecule has 0 N–H and O–H groups in total. The lowest BCUT2D eigenvalue weighted by atomic mass is 9.91. The summed E-state index contributed by atoms with van der Waals surface area (Å²) in [6, 6.07) is 8.92. The third-order valence-corrected chi connectivity index (χ3v) is 3.04. The summed E-state index contributed by atoms with van der Waals surface area (Å²) in [5, 5.41) is 0. The van der Waals surface area contributed by atoms with Crippen molar-refractivity contribution in [2.24, 2.45) is 5.89 Å². The monoisotopic (exact) mass is 291 g/mol. The molecule has 114 valence electrons. The molecule has 0 aliphatic heterocycles. The summed E-state index contributed by atoms with van der Waals surface area (Å²) in [6.45, 7) is 2.05. The summed E-state index contributed by atoms with van der Waals surface area (Å²) < 4.78 is 17.8. The van der Waals surface area contributed by atoms with Gasteiger partial charge in [-0.15, -0.1) is 0 Å². The minimum absolute atomic E-state index is 0.292. The van der Waals surface area contributed by atoms with Gasteiger partial charge in [0.2, 0.25) is 0 Å². The molecule has 0 amide bonds. The van der Waals surface area contributed by atoms with Gasteiger partial charge in [-0.05, 0) is 17.6 Å². The van der Waals surface area contributed by atoms with E-state index >= 15 is 0 Å². The van der Waals surface area contributed by atoms with Crippen LogP contribution in [0.3, 0.4) is 0 Å². The standard InChI is InChI=1S/C17H22O4/c1-4-5-7-12-14(13-10-8-6-9-11-13)15(16(18)20-2)17(19)21-3/h6,8-12,15H,4-5,7H2,1-3H3/b14-12+/i15D. The number of carbonyl (C=O) groups is 2. The van der Waals surface area contributed by atoms with Gasteiger partial charge < -0.3 is 9.47 Å². The number of ether oxygens (including phenoxy) is 2. The van der Waals surface area contributed by atoms with Crippen molar-refractivity contribution in [3.05, 3.63) is 42.0 Å². The Hall–Kier alpha value is -2.10. The summed E-state index contributed by atoms with van der Waals surface area (Å²) in [5.74, 6) is -4.13. The van der Waals surface area contributed by atoms with Crippen LogP contribution in [0.25, 0.3) is 5.57 Å². The fourth-order valence-corrected chi connectivity index (χ4v) is 1.94. The van der Waals surface area contributed by atoms with Crippen LogP contribution in [0.5, 0.6) is 0 Å². The van der Waals surface area contributed by atoms with Crippen LogP contribution in [0.2, 0.25) is 0 Å². The molecule has 0 aliphatic rings. The summed E-state index contributed by atoms with van der Waals surface area (Å²) in [6.07, 6.45) is 4.28. The molecule has 4 heteroatoms. The first-order valence-corrected chi connectivity index (χ1v) is 6.95. The Labute approximate surface area is 127 Å². The lowest BCUT2D eigenvalue weighted by Crippen LogP contribution is -2.27. The highest BCUT2D eigenvalue weighted by atomic mass is 16.5. The average molecular weight is 291 g/mol. The molecule has 0 heterocycles. The third-order valence-electron chi connectivity index (χ3n) is 3.04. The van der Waals surface area contributed by atoms with Crippen molar-refractivity contribution in [1.82, 2.24) is 0 Å². The summed E-state index contributed by atoms with van der Waals surface area (Å²) in [7, 11) is 2.31. The molecule has 0 aliphatic carbocycles. The van der Waals surface area contributed by atoms with Crippen molar-refractivity contribution in [2.45, 2.75) is 26.2 Å². The highest BCUT2D eigenvalue weighted by molar-refractivity contribution is 6.06. The van der Waals surface area contributed by atoms with Crippen LogP contribution in [0.15, 0.2) is 36.4 Å². The first-order chi connectivity index (χ1) is 10.5. The maximum Gasteiger partial charge on any atom is 0.324 e. The Morgan fingerprint density at radius 1 is 1.19 bits per heavy atom. The molecule has 1 aromatic rings. The quantitative estimate of drug-likeness (QED) is 0.440. The second kappa shape index (κ2) is 8.95. The maximum atomic E-state index is 12.1. The van der Waals surface area contributed by atoms with E-state index in [1.807, 2.05) is 13.0 Å². The molecule has 0 saturated heterocycles. The smallest absolute Gasteiger partial charge is 0.324 e. The molecule has 21 heavy (non-hydrogen) atoms. The highest BCUT2D eigenvalue weighted by Crippen LogP contribution is 2.27. The fraction of sp³-hybridized carbons (Fsp3) is 0.412. The number of hydrogen-bond acceptors (Lipinski definition) is 4. The van der Waals surface area contributed by atoms with Crippen LogP contribution < -0.4 is 0 Å². The van der Waals surface area contributed by atoms with Gasteiger partial charge in [0.25, 0.3) is 0 Å². The minimum atomic E-state index is -2.22. The number of rotatable bonds is 7. The predicted octanol–water partition coefficient (Wildman–Crippen LogP) is 3.22. The fourth-order valence-electron chi connectivity index (χ4n) is 1.94. The number of unbranched alkanes of at least 4 members (excludes halogenated alkanes) is 2. The first-order valence-electron chi connectivity index (χ1n) is 7.45. The molecule has 4 nitrogen and oxygen atoms in total. The van der Waals surface area contributed by atoms with Gasteiger partial charge in [-0.2, -0.15) is 0 Å². The zero-order valence-corrected chi connectivity index (χ0v) is 12.7.